The van der Waals surface area contributed by atoms with E-state index in [2.05, 4.69) is 10.0 Å². The van der Waals surface area contributed by atoms with Gasteiger partial charge in [-0.25, -0.2) is 12.8 Å². The number of sulfonamides is 1. The molecular formula is C19H22FN3O3S. The third-order valence-electron chi connectivity index (χ3n) is 4.38. The Labute approximate surface area is 158 Å². The van der Waals surface area contributed by atoms with E-state index in [0.717, 1.165) is 43.8 Å². The first-order chi connectivity index (χ1) is 12.9. The molecule has 0 aromatic heterocycles. The lowest BCUT2D eigenvalue weighted by Crippen LogP contribution is -2.35. The molecule has 27 heavy (non-hydrogen) atoms. The third kappa shape index (κ3) is 5.27. The first-order valence-corrected chi connectivity index (χ1v) is 10.3. The van der Waals surface area contributed by atoms with Crippen molar-refractivity contribution in [3.63, 3.8) is 0 Å². The Morgan fingerprint density at radius 2 is 1.74 bits per heavy atom. The van der Waals surface area contributed by atoms with Crippen molar-refractivity contribution in [3.8, 4) is 0 Å². The zero-order valence-corrected chi connectivity index (χ0v) is 15.6. The molecule has 0 aliphatic carbocycles. The Kier molecular flexibility index (Phi) is 6.08. The fraction of sp³-hybridized carbons (Fsp3) is 0.316. The third-order valence-corrected chi connectivity index (χ3v) is 5.78. The number of rotatable bonds is 5. The van der Waals surface area contributed by atoms with Gasteiger partial charge in [-0.2, -0.15) is 0 Å². The first kappa shape index (κ1) is 19.3. The standard InChI is InChI=1S/C19H22FN3O3S/c20-16-4-8-18(9-5-16)27(25,26)22-17-6-2-15(3-7-17)14-19(24)23-12-1-10-21-11-13-23/h2-9,21-22H,1,10-14H2. The van der Waals surface area contributed by atoms with Gasteiger partial charge in [0.1, 0.15) is 5.82 Å². The molecule has 1 fully saturated rings. The van der Waals surface area contributed by atoms with Gasteiger partial charge in [0, 0.05) is 25.3 Å². The lowest BCUT2D eigenvalue weighted by Gasteiger charge is -2.20. The van der Waals surface area contributed by atoms with Gasteiger partial charge in [-0.3, -0.25) is 9.52 Å². The predicted octanol–water partition coefficient (Wildman–Crippen LogP) is 1.99. The van der Waals surface area contributed by atoms with E-state index >= 15 is 0 Å². The van der Waals surface area contributed by atoms with Gasteiger partial charge < -0.3 is 10.2 Å². The Balaban J connectivity index is 1.63. The average Bonchev–Trinajstić information content (AvgIpc) is 2.93. The van der Waals surface area contributed by atoms with Gasteiger partial charge in [0.2, 0.25) is 5.91 Å². The van der Waals surface area contributed by atoms with Gasteiger partial charge in [-0.1, -0.05) is 12.1 Å². The molecule has 8 heteroatoms. The Morgan fingerprint density at radius 3 is 2.44 bits per heavy atom. The molecule has 6 nitrogen and oxygen atoms in total. The van der Waals surface area contributed by atoms with Crippen LogP contribution in [0.15, 0.2) is 53.4 Å². The van der Waals surface area contributed by atoms with Crippen LogP contribution in [0.4, 0.5) is 10.1 Å². The van der Waals surface area contributed by atoms with Crippen molar-refractivity contribution in [1.29, 1.82) is 0 Å². The van der Waals surface area contributed by atoms with Crippen LogP contribution in [0.1, 0.15) is 12.0 Å². The largest absolute Gasteiger partial charge is 0.341 e. The molecule has 1 amide bonds. The van der Waals surface area contributed by atoms with Gasteiger partial charge in [-0.15, -0.1) is 0 Å². The number of amides is 1. The predicted molar refractivity (Wildman–Crippen MR) is 101 cm³/mol. The summed E-state index contributed by atoms with van der Waals surface area (Å²) >= 11 is 0. The van der Waals surface area contributed by atoms with Crippen LogP contribution < -0.4 is 10.0 Å². The highest BCUT2D eigenvalue weighted by Crippen LogP contribution is 2.17. The molecule has 1 saturated heterocycles. The van der Waals surface area contributed by atoms with Crippen molar-refractivity contribution < 1.29 is 17.6 Å². The quantitative estimate of drug-likeness (QED) is 0.817. The van der Waals surface area contributed by atoms with Crippen LogP contribution in [0.5, 0.6) is 0 Å². The number of benzene rings is 2. The maximum Gasteiger partial charge on any atom is 0.261 e. The van der Waals surface area contributed by atoms with Crippen molar-refractivity contribution in [2.75, 3.05) is 30.9 Å². The molecule has 0 radical (unpaired) electrons. The molecular weight excluding hydrogens is 369 g/mol. The summed E-state index contributed by atoms with van der Waals surface area (Å²) < 4.78 is 40.0. The van der Waals surface area contributed by atoms with Gasteiger partial charge in [0.15, 0.2) is 0 Å². The Hall–Kier alpha value is -2.45. The van der Waals surface area contributed by atoms with Crippen LogP contribution in [-0.4, -0.2) is 45.4 Å². The summed E-state index contributed by atoms with van der Waals surface area (Å²) in [4.78, 5) is 14.2. The summed E-state index contributed by atoms with van der Waals surface area (Å²) in [7, 11) is -3.79. The molecule has 1 heterocycles. The van der Waals surface area contributed by atoms with Crippen LogP contribution in [-0.2, 0) is 21.2 Å². The molecule has 2 aromatic carbocycles. The number of hydrogen-bond donors (Lipinski definition) is 2. The molecule has 0 unspecified atom stereocenters. The summed E-state index contributed by atoms with van der Waals surface area (Å²) in [6.07, 6.45) is 1.22. The minimum Gasteiger partial charge on any atom is -0.341 e. The lowest BCUT2D eigenvalue weighted by molar-refractivity contribution is -0.130. The maximum atomic E-state index is 13.0. The molecule has 0 bridgehead atoms. The molecule has 3 rings (SSSR count). The lowest BCUT2D eigenvalue weighted by atomic mass is 10.1. The summed E-state index contributed by atoms with van der Waals surface area (Å²) in [5, 5.41) is 3.26. The molecule has 2 N–H and O–H groups in total. The molecule has 1 aliphatic rings. The molecule has 0 atom stereocenters. The van der Waals surface area contributed by atoms with E-state index in [1.807, 2.05) is 4.90 Å². The molecule has 0 spiro atoms. The van der Waals surface area contributed by atoms with Crippen molar-refractivity contribution in [2.24, 2.45) is 0 Å². The van der Waals surface area contributed by atoms with Crippen LogP contribution in [0, 0.1) is 5.82 Å². The zero-order valence-electron chi connectivity index (χ0n) is 14.8. The highest BCUT2D eigenvalue weighted by Gasteiger charge is 2.16. The highest BCUT2D eigenvalue weighted by atomic mass is 32.2. The van der Waals surface area contributed by atoms with Gasteiger partial charge in [-0.05, 0) is 54.9 Å². The highest BCUT2D eigenvalue weighted by molar-refractivity contribution is 7.92. The van der Waals surface area contributed by atoms with Gasteiger partial charge in [0.05, 0.1) is 11.3 Å². The van der Waals surface area contributed by atoms with Gasteiger partial charge >= 0.3 is 0 Å². The van der Waals surface area contributed by atoms with E-state index in [4.69, 9.17) is 0 Å². The Bertz CT molecular complexity index is 875. The fourth-order valence-electron chi connectivity index (χ4n) is 2.90. The first-order valence-electron chi connectivity index (χ1n) is 8.80. The summed E-state index contributed by atoms with van der Waals surface area (Å²) in [5.41, 5.74) is 1.21. The van der Waals surface area contributed by atoms with Crippen molar-refractivity contribution in [3.05, 3.63) is 59.9 Å². The van der Waals surface area contributed by atoms with Crippen molar-refractivity contribution in [1.82, 2.24) is 10.2 Å². The SMILES string of the molecule is O=C(Cc1ccc(NS(=O)(=O)c2ccc(F)cc2)cc1)N1CCCNCC1. The maximum absolute atomic E-state index is 13.0. The monoisotopic (exact) mass is 391 g/mol. The molecule has 0 saturated carbocycles. The molecule has 144 valence electrons. The number of nitrogens with zero attached hydrogens (tertiary/aromatic N) is 1. The normalized spacial score (nSPS) is 15.2. The topological polar surface area (TPSA) is 78.5 Å². The summed E-state index contributed by atoms with van der Waals surface area (Å²) in [6, 6.07) is 11.3. The van der Waals surface area contributed by atoms with Gasteiger partial charge in [0.25, 0.3) is 10.0 Å². The van der Waals surface area contributed by atoms with E-state index in [1.165, 1.54) is 12.1 Å². The second-order valence-electron chi connectivity index (χ2n) is 6.42. The van der Waals surface area contributed by atoms with E-state index in [-0.39, 0.29) is 17.2 Å². The van der Waals surface area contributed by atoms with E-state index in [9.17, 15) is 17.6 Å². The minimum absolute atomic E-state index is 0.0158. The second kappa shape index (κ2) is 8.49. The summed E-state index contributed by atoms with van der Waals surface area (Å²) in [6.45, 7) is 3.18. The van der Waals surface area contributed by atoms with E-state index in [0.29, 0.717) is 12.2 Å². The van der Waals surface area contributed by atoms with Crippen molar-refractivity contribution >= 4 is 21.6 Å². The molecule has 2 aromatic rings. The zero-order chi connectivity index (χ0) is 19.3. The average molecular weight is 391 g/mol. The number of carbonyl (C=O) groups is 1. The van der Waals surface area contributed by atoms with Crippen LogP contribution in [0.3, 0.4) is 0 Å². The van der Waals surface area contributed by atoms with Crippen molar-refractivity contribution in [2.45, 2.75) is 17.7 Å². The second-order valence-corrected chi connectivity index (χ2v) is 8.10. The van der Waals surface area contributed by atoms with E-state index in [1.54, 1.807) is 24.3 Å². The number of hydrogen-bond acceptors (Lipinski definition) is 4. The minimum atomic E-state index is -3.79. The molecule has 1 aliphatic heterocycles. The summed E-state index contributed by atoms with van der Waals surface area (Å²) in [5.74, 6) is -0.429. The smallest absolute Gasteiger partial charge is 0.261 e. The number of anilines is 1. The fourth-order valence-corrected chi connectivity index (χ4v) is 3.96. The van der Waals surface area contributed by atoms with Crippen LogP contribution >= 0.6 is 0 Å². The van der Waals surface area contributed by atoms with Crippen LogP contribution in [0.25, 0.3) is 0 Å². The van der Waals surface area contributed by atoms with Crippen LogP contribution in [0.2, 0.25) is 0 Å². The Morgan fingerprint density at radius 1 is 1.04 bits per heavy atom. The number of nitrogens with one attached hydrogen (secondary N) is 2. The number of carbonyl (C=O) groups excluding carboxylic acids is 1. The number of halogens is 1. The van der Waals surface area contributed by atoms with E-state index < -0.39 is 15.8 Å².